The normalized spacial score (nSPS) is 12.6. The average molecular weight is 496 g/mol. The fourth-order valence-corrected chi connectivity index (χ4v) is 3.78. The van der Waals surface area contributed by atoms with E-state index in [1.54, 1.807) is 24.3 Å². The second-order valence-corrected chi connectivity index (χ2v) is 8.83. The first-order chi connectivity index (χ1) is 16.3. The zero-order chi connectivity index (χ0) is 24.5. The monoisotopic (exact) mass is 495 g/mol. The van der Waals surface area contributed by atoms with E-state index in [0.29, 0.717) is 13.0 Å². The predicted molar refractivity (Wildman–Crippen MR) is 142 cm³/mol. The van der Waals surface area contributed by atoms with Gasteiger partial charge in [-0.05, 0) is 41.2 Å². The predicted octanol–water partition coefficient (Wildman–Crippen LogP) is 3.77. The number of aromatic hydroxyl groups is 1. The zero-order valence-corrected chi connectivity index (χ0v) is 20.9. The highest BCUT2D eigenvalue weighted by Crippen LogP contribution is 2.24. The van der Waals surface area contributed by atoms with Crippen LogP contribution in [0.15, 0.2) is 84.9 Å². The summed E-state index contributed by atoms with van der Waals surface area (Å²) >= 11 is 0. The van der Waals surface area contributed by atoms with Crippen molar-refractivity contribution in [3.05, 3.63) is 102 Å². The smallest absolute Gasteiger partial charge is 0.244 e. The molecule has 3 rings (SSSR count). The SMILES string of the molecule is CC(C)[C@H](N)C(=O)NC(=O)[C@H](Cc1ccc(O)cc1)NCC(c1ccccc1)c1ccccc1.Cl. The number of phenols is 1. The van der Waals surface area contributed by atoms with Gasteiger partial charge in [0.15, 0.2) is 0 Å². The Morgan fingerprint density at radius 1 is 0.829 bits per heavy atom. The fraction of sp³-hybridized carbons (Fsp3) is 0.286. The largest absolute Gasteiger partial charge is 0.508 e. The van der Waals surface area contributed by atoms with Gasteiger partial charge in [0.1, 0.15) is 5.75 Å². The van der Waals surface area contributed by atoms with E-state index in [1.807, 2.05) is 50.2 Å². The highest BCUT2D eigenvalue weighted by atomic mass is 35.5. The molecule has 5 N–H and O–H groups in total. The first kappa shape index (κ1) is 28.1. The van der Waals surface area contributed by atoms with Crippen molar-refractivity contribution >= 4 is 24.2 Å². The molecule has 0 heterocycles. The van der Waals surface area contributed by atoms with Gasteiger partial charge >= 0.3 is 0 Å². The van der Waals surface area contributed by atoms with E-state index < -0.39 is 23.9 Å². The highest BCUT2D eigenvalue weighted by Gasteiger charge is 2.26. The summed E-state index contributed by atoms with van der Waals surface area (Å²) in [4.78, 5) is 25.6. The summed E-state index contributed by atoms with van der Waals surface area (Å²) < 4.78 is 0. The van der Waals surface area contributed by atoms with E-state index in [0.717, 1.165) is 16.7 Å². The van der Waals surface area contributed by atoms with Gasteiger partial charge in [0, 0.05) is 12.5 Å². The number of benzene rings is 3. The number of halogens is 1. The van der Waals surface area contributed by atoms with Crippen molar-refractivity contribution in [2.24, 2.45) is 11.7 Å². The first-order valence-corrected chi connectivity index (χ1v) is 11.6. The van der Waals surface area contributed by atoms with Crippen LogP contribution in [0.1, 0.15) is 36.5 Å². The lowest BCUT2D eigenvalue weighted by Crippen LogP contribution is -2.53. The van der Waals surface area contributed by atoms with Crippen molar-refractivity contribution in [3.63, 3.8) is 0 Å². The van der Waals surface area contributed by atoms with E-state index in [9.17, 15) is 14.7 Å². The summed E-state index contributed by atoms with van der Waals surface area (Å²) in [5.41, 5.74) is 9.06. The van der Waals surface area contributed by atoms with E-state index in [-0.39, 0.29) is 30.0 Å². The maximum atomic E-state index is 13.1. The molecule has 186 valence electrons. The number of carbonyl (C=O) groups excluding carboxylic acids is 2. The average Bonchev–Trinajstić information content (AvgIpc) is 2.85. The van der Waals surface area contributed by atoms with E-state index in [1.165, 1.54) is 0 Å². The molecule has 0 aliphatic carbocycles. The van der Waals surface area contributed by atoms with Crippen molar-refractivity contribution in [3.8, 4) is 5.75 Å². The lowest BCUT2D eigenvalue weighted by atomic mass is 9.90. The number of amides is 2. The molecular formula is C28H34ClN3O3. The Labute approximate surface area is 213 Å². The van der Waals surface area contributed by atoms with Crippen LogP contribution >= 0.6 is 12.4 Å². The van der Waals surface area contributed by atoms with Crippen LogP contribution in [-0.2, 0) is 16.0 Å². The standard InChI is InChI=1S/C28H33N3O3.ClH/c1-19(2)26(29)28(34)31-27(33)25(17-20-13-15-23(32)16-14-20)30-18-24(21-9-5-3-6-10-21)22-11-7-4-8-12-22;/h3-16,19,24-26,30,32H,17-18,29H2,1-2H3,(H,31,33,34);1H/t25-,26-;/m0./s1. The van der Waals surface area contributed by atoms with E-state index >= 15 is 0 Å². The maximum absolute atomic E-state index is 13.1. The summed E-state index contributed by atoms with van der Waals surface area (Å²) in [5.74, 6) is -0.818. The number of hydrogen-bond donors (Lipinski definition) is 4. The molecule has 0 saturated heterocycles. The molecule has 6 nitrogen and oxygen atoms in total. The van der Waals surface area contributed by atoms with Gasteiger partial charge < -0.3 is 16.2 Å². The van der Waals surface area contributed by atoms with Crippen molar-refractivity contribution < 1.29 is 14.7 Å². The Kier molecular flexibility index (Phi) is 10.9. The third-order valence-corrected chi connectivity index (χ3v) is 5.93. The number of imide groups is 1. The fourth-order valence-electron chi connectivity index (χ4n) is 3.78. The third-order valence-electron chi connectivity index (χ3n) is 5.93. The number of hydrogen-bond acceptors (Lipinski definition) is 5. The molecule has 0 saturated carbocycles. The number of rotatable bonds is 10. The molecule has 0 aliphatic heterocycles. The maximum Gasteiger partial charge on any atom is 0.244 e. The van der Waals surface area contributed by atoms with Gasteiger partial charge in [0.2, 0.25) is 11.8 Å². The summed E-state index contributed by atoms with van der Waals surface area (Å²) in [7, 11) is 0. The van der Waals surface area contributed by atoms with Crippen molar-refractivity contribution in [1.29, 1.82) is 0 Å². The van der Waals surface area contributed by atoms with Gasteiger partial charge in [-0.1, -0.05) is 86.6 Å². The van der Waals surface area contributed by atoms with Crippen molar-refractivity contribution in [2.75, 3.05) is 6.54 Å². The summed E-state index contributed by atoms with van der Waals surface area (Å²) in [6.07, 6.45) is 0.354. The van der Waals surface area contributed by atoms with Crippen LogP contribution in [0.3, 0.4) is 0 Å². The quantitative estimate of drug-likeness (QED) is 0.342. The minimum Gasteiger partial charge on any atom is -0.508 e. The van der Waals surface area contributed by atoms with E-state index in [4.69, 9.17) is 5.73 Å². The van der Waals surface area contributed by atoms with Gasteiger partial charge in [0.05, 0.1) is 12.1 Å². The highest BCUT2D eigenvalue weighted by molar-refractivity contribution is 6.00. The minimum absolute atomic E-state index is 0. The second-order valence-electron chi connectivity index (χ2n) is 8.83. The van der Waals surface area contributed by atoms with Crippen molar-refractivity contribution in [2.45, 2.75) is 38.3 Å². The Balaban J connectivity index is 0.00000432. The van der Waals surface area contributed by atoms with Crippen LogP contribution in [0.25, 0.3) is 0 Å². The van der Waals surface area contributed by atoms with Gasteiger partial charge in [-0.15, -0.1) is 12.4 Å². The molecule has 3 aromatic carbocycles. The molecule has 0 fully saturated rings. The molecule has 0 aromatic heterocycles. The number of carbonyl (C=O) groups is 2. The van der Waals surface area contributed by atoms with Gasteiger partial charge in [-0.2, -0.15) is 0 Å². The van der Waals surface area contributed by atoms with Crippen LogP contribution in [0.4, 0.5) is 0 Å². The van der Waals surface area contributed by atoms with Gasteiger partial charge in [-0.3, -0.25) is 14.9 Å². The molecule has 2 amide bonds. The van der Waals surface area contributed by atoms with Crippen LogP contribution in [0, 0.1) is 5.92 Å². The Morgan fingerprint density at radius 2 is 1.34 bits per heavy atom. The first-order valence-electron chi connectivity index (χ1n) is 11.6. The van der Waals surface area contributed by atoms with Gasteiger partial charge in [0.25, 0.3) is 0 Å². The summed E-state index contributed by atoms with van der Waals surface area (Å²) in [5, 5.41) is 15.5. The van der Waals surface area contributed by atoms with Crippen LogP contribution in [0.5, 0.6) is 5.75 Å². The van der Waals surface area contributed by atoms with Crippen LogP contribution in [-0.4, -0.2) is 35.5 Å². The molecule has 0 aliphatic rings. The van der Waals surface area contributed by atoms with Crippen LogP contribution < -0.4 is 16.4 Å². The summed E-state index contributed by atoms with van der Waals surface area (Å²) in [6, 6.07) is 25.5. The Morgan fingerprint density at radius 3 is 1.83 bits per heavy atom. The molecule has 0 radical (unpaired) electrons. The Bertz CT molecular complexity index is 1020. The molecular weight excluding hydrogens is 462 g/mol. The molecule has 0 unspecified atom stereocenters. The topological polar surface area (TPSA) is 104 Å². The summed E-state index contributed by atoms with van der Waals surface area (Å²) in [6.45, 7) is 4.17. The second kappa shape index (κ2) is 13.6. The lowest BCUT2D eigenvalue weighted by molar-refractivity contribution is -0.132. The molecule has 7 heteroatoms. The lowest BCUT2D eigenvalue weighted by Gasteiger charge is -2.24. The number of phenolic OH excluding ortho intramolecular Hbond substituents is 1. The zero-order valence-electron chi connectivity index (χ0n) is 20.1. The molecule has 0 spiro atoms. The van der Waals surface area contributed by atoms with Crippen molar-refractivity contribution in [1.82, 2.24) is 10.6 Å². The Hall–Kier alpha value is -3.19. The molecule has 35 heavy (non-hydrogen) atoms. The van der Waals surface area contributed by atoms with Crippen LogP contribution in [0.2, 0.25) is 0 Å². The molecule has 0 bridgehead atoms. The third kappa shape index (κ3) is 8.21. The number of nitrogens with one attached hydrogen (secondary N) is 2. The minimum atomic E-state index is -0.764. The molecule has 2 atom stereocenters. The van der Waals surface area contributed by atoms with Gasteiger partial charge in [-0.25, -0.2) is 0 Å². The number of nitrogens with two attached hydrogens (primary N) is 1. The van der Waals surface area contributed by atoms with E-state index in [2.05, 4.69) is 34.9 Å². The molecule has 3 aromatic rings.